The molecule has 0 amide bonds. The second kappa shape index (κ2) is 40.4. The van der Waals surface area contributed by atoms with Crippen molar-refractivity contribution >= 4 is 11.9 Å². The van der Waals surface area contributed by atoms with E-state index >= 15 is 0 Å². The third-order valence-corrected chi connectivity index (χ3v) is 10.3. The lowest BCUT2D eigenvalue weighted by Gasteiger charge is -2.18. The van der Waals surface area contributed by atoms with E-state index in [4.69, 9.17) is 9.84 Å². The van der Waals surface area contributed by atoms with Gasteiger partial charge in [-0.15, -0.1) is 0 Å². The van der Waals surface area contributed by atoms with Crippen molar-refractivity contribution in [1.29, 1.82) is 0 Å². The summed E-state index contributed by atoms with van der Waals surface area (Å²) in [5.74, 6) is -0.688. The summed E-state index contributed by atoms with van der Waals surface area (Å²) < 4.78 is 6.00. The van der Waals surface area contributed by atoms with Crippen molar-refractivity contribution in [2.45, 2.75) is 270 Å². The van der Waals surface area contributed by atoms with Gasteiger partial charge in [-0.2, -0.15) is 0 Å². The van der Waals surface area contributed by atoms with Crippen molar-refractivity contribution in [3.05, 3.63) is 0 Å². The molecule has 0 rings (SSSR count). The van der Waals surface area contributed by atoms with Gasteiger partial charge in [0.1, 0.15) is 6.10 Å². The summed E-state index contributed by atoms with van der Waals surface area (Å²) >= 11 is 0. The van der Waals surface area contributed by atoms with Crippen molar-refractivity contribution < 1.29 is 19.4 Å². The molecule has 0 saturated heterocycles. The maximum atomic E-state index is 12.7. The van der Waals surface area contributed by atoms with Gasteiger partial charge >= 0.3 is 11.9 Å². The fourth-order valence-electron chi connectivity index (χ4n) is 7.07. The molecule has 0 aliphatic heterocycles. The van der Waals surface area contributed by atoms with Crippen LogP contribution in [0.1, 0.15) is 264 Å². The highest BCUT2D eigenvalue weighted by atomic mass is 16.5. The molecule has 0 spiro atoms. The number of hydrogen-bond donors (Lipinski definition) is 1. The van der Waals surface area contributed by atoms with Gasteiger partial charge in [-0.05, 0) is 38.5 Å². The van der Waals surface area contributed by atoms with E-state index < -0.39 is 5.97 Å². The smallest absolute Gasteiger partial charge is 0.306 e. The number of rotatable bonds is 41. The molecule has 0 saturated carbocycles. The molecule has 0 aliphatic carbocycles. The molecule has 1 atom stereocenters. The number of carboxylic acid groups (broad SMARTS) is 1. The Hall–Kier alpha value is -1.06. The fraction of sp³-hybridized carbons (Fsp3) is 0.955. The van der Waals surface area contributed by atoms with Gasteiger partial charge in [0, 0.05) is 12.8 Å². The van der Waals surface area contributed by atoms with Crippen LogP contribution in [0, 0.1) is 0 Å². The molecule has 286 valence electrons. The largest absolute Gasteiger partial charge is 0.481 e. The van der Waals surface area contributed by atoms with Crippen molar-refractivity contribution in [3.8, 4) is 0 Å². The van der Waals surface area contributed by atoms with Gasteiger partial charge in [0.05, 0.1) is 0 Å². The van der Waals surface area contributed by atoms with Crippen LogP contribution in [0.15, 0.2) is 0 Å². The second-order valence-corrected chi connectivity index (χ2v) is 15.3. The number of carbonyl (C=O) groups excluding carboxylic acids is 1. The van der Waals surface area contributed by atoms with Gasteiger partial charge in [0.2, 0.25) is 0 Å². The Balaban J connectivity index is 3.75. The minimum absolute atomic E-state index is 0.00851. The molecular weight excluding hydrogens is 592 g/mol. The molecule has 1 unspecified atom stereocenters. The van der Waals surface area contributed by atoms with Crippen LogP contribution in [0.4, 0.5) is 0 Å². The van der Waals surface area contributed by atoms with E-state index in [2.05, 4.69) is 13.8 Å². The summed E-state index contributed by atoms with van der Waals surface area (Å²) in [7, 11) is 0. The van der Waals surface area contributed by atoms with E-state index in [-0.39, 0.29) is 18.5 Å². The molecule has 4 nitrogen and oxygen atoms in total. The Morgan fingerprint density at radius 3 is 0.917 bits per heavy atom. The highest BCUT2D eigenvalue weighted by molar-refractivity contribution is 5.69. The average Bonchev–Trinajstić information content (AvgIpc) is 3.07. The predicted octanol–water partition coefficient (Wildman–Crippen LogP) is 15.2. The number of hydrogen-bond acceptors (Lipinski definition) is 3. The monoisotopic (exact) mass is 679 g/mol. The molecule has 1 N–H and O–H groups in total. The van der Waals surface area contributed by atoms with Gasteiger partial charge in [-0.25, -0.2) is 0 Å². The summed E-state index contributed by atoms with van der Waals surface area (Å²) in [6.07, 6.45) is 48.6. The zero-order valence-electron chi connectivity index (χ0n) is 32.8. The highest BCUT2D eigenvalue weighted by Crippen LogP contribution is 2.19. The van der Waals surface area contributed by atoms with Gasteiger partial charge in [0.15, 0.2) is 0 Å². The summed E-state index contributed by atoms with van der Waals surface area (Å²) in [4.78, 5) is 23.4. The Morgan fingerprint density at radius 2 is 0.625 bits per heavy atom. The quantitative estimate of drug-likeness (QED) is 0.0516. The maximum absolute atomic E-state index is 12.7. The normalized spacial score (nSPS) is 12.0. The van der Waals surface area contributed by atoms with Crippen molar-refractivity contribution in [2.24, 2.45) is 0 Å². The number of carbonyl (C=O) groups is 2. The van der Waals surface area contributed by atoms with E-state index in [0.717, 1.165) is 64.2 Å². The standard InChI is InChI=1S/C44H86O4/c1-3-5-7-9-11-13-14-15-16-17-18-19-20-21-22-23-24-25-26-28-33-37-41-44(47)48-42(38-34-30-27-12-10-8-6-4-2)39-35-31-29-32-36-40-43(45)46/h42H,3-41H2,1-2H3,(H,45,46). The van der Waals surface area contributed by atoms with Crippen molar-refractivity contribution in [1.82, 2.24) is 0 Å². The Bertz CT molecular complexity index is 648. The van der Waals surface area contributed by atoms with Crippen molar-refractivity contribution in [3.63, 3.8) is 0 Å². The van der Waals surface area contributed by atoms with Crippen molar-refractivity contribution in [2.75, 3.05) is 0 Å². The average molecular weight is 679 g/mol. The zero-order valence-corrected chi connectivity index (χ0v) is 32.8. The molecule has 0 aromatic carbocycles. The number of aliphatic carboxylic acids is 1. The first-order chi connectivity index (χ1) is 23.6. The maximum Gasteiger partial charge on any atom is 0.306 e. The first-order valence-electron chi connectivity index (χ1n) is 22.0. The third-order valence-electron chi connectivity index (χ3n) is 10.3. The Morgan fingerprint density at radius 1 is 0.375 bits per heavy atom. The molecule has 0 aromatic heterocycles. The summed E-state index contributed by atoms with van der Waals surface area (Å²) in [5, 5.41) is 8.81. The minimum atomic E-state index is -0.696. The molecular formula is C44H86O4. The van der Waals surface area contributed by atoms with E-state index in [1.54, 1.807) is 0 Å². The molecule has 0 aromatic rings. The van der Waals surface area contributed by atoms with Gasteiger partial charge in [-0.1, -0.05) is 213 Å². The lowest BCUT2D eigenvalue weighted by Crippen LogP contribution is -2.18. The van der Waals surface area contributed by atoms with Crippen LogP contribution >= 0.6 is 0 Å². The molecule has 48 heavy (non-hydrogen) atoms. The molecule has 0 heterocycles. The molecule has 0 fully saturated rings. The van der Waals surface area contributed by atoms with Crippen LogP contribution in [-0.2, 0) is 14.3 Å². The van der Waals surface area contributed by atoms with Crippen LogP contribution in [0.25, 0.3) is 0 Å². The number of esters is 1. The lowest BCUT2D eigenvalue weighted by molar-refractivity contribution is -0.150. The molecule has 0 bridgehead atoms. The Kier molecular flexibility index (Phi) is 39.5. The zero-order chi connectivity index (χ0) is 35.0. The predicted molar refractivity (Wildman–Crippen MR) is 209 cm³/mol. The summed E-state index contributed by atoms with van der Waals surface area (Å²) in [5.41, 5.74) is 0. The second-order valence-electron chi connectivity index (χ2n) is 15.3. The fourth-order valence-corrected chi connectivity index (χ4v) is 7.07. The molecule has 0 radical (unpaired) electrons. The molecule has 4 heteroatoms. The lowest BCUT2D eigenvalue weighted by atomic mass is 10.0. The highest BCUT2D eigenvalue weighted by Gasteiger charge is 2.14. The molecule has 0 aliphatic rings. The summed E-state index contributed by atoms with van der Waals surface area (Å²) in [6, 6.07) is 0. The number of unbranched alkanes of at least 4 members (excludes halogenated alkanes) is 32. The first-order valence-corrected chi connectivity index (χ1v) is 22.0. The van der Waals surface area contributed by atoms with Gasteiger partial charge in [0.25, 0.3) is 0 Å². The van der Waals surface area contributed by atoms with Gasteiger partial charge in [-0.3, -0.25) is 9.59 Å². The topological polar surface area (TPSA) is 63.6 Å². The van der Waals surface area contributed by atoms with Gasteiger partial charge < -0.3 is 9.84 Å². The van der Waals surface area contributed by atoms with Crippen LogP contribution < -0.4 is 0 Å². The Labute approximate surface area is 301 Å². The number of carboxylic acids is 1. The van der Waals surface area contributed by atoms with E-state index in [0.29, 0.717) is 6.42 Å². The first kappa shape index (κ1) is 46.9. The van der Waals surface area contributed by atoms with Crippen LogP contribution in [-0.4, -0.2) is 23.1 Å². The van der Waals surface area contributed by atoms with E-state index in [1.807, 2.05) is 0 Å². The number of ether oxygens (including phenoxy) is 1. The SMILES string of the molecule is CCCCCCCCCCCCCCCCCCCCCCCCC(=O)OC(CCCCCCCCCC)CCCCCCCC(=O)O. The summed E-state index contributed by atoms with van der Waals surface area (Å²) in [6.45, 7) is 4.56. The van der Waals surface area contributed by atoms with Crippen LogP contribution in [0.2, 0.25) is 0 Å². The minimum Gasteiger partial charge on any atom is -0.481 e. The van der Waals surface area contributed by atoms with E-state index in [1.165, 1.54) is 173 Å². The van der Waals surface area contributed by atoms with Crippen LogP contribution in [0.3, 0.4) is 0 Å². The van der Waals surface area contributed by atoms with E-state index in [9.17, 15) is 9.59 Å². The third kappa shape index (κ3) is 39.4. The van der Waals surface area contributed by atoms with Crippen LogP contribution in [0.5, 0.6) is 0 Å².